The number of allylic oxidation sites excluding steroid dienone is 1. The smallest absolute Gasteiger partial charge is 0.185 e. The Morgan fingerprint density at radius 3 is 2.57 bits per heavy atom. The van der Waals surface area contributed by atoms with Crippen LogP contribution in [-0.2, 0) is 6.54 Å². The highest BCUT2D eigenvalue weighted by Gasteiger charge is 2.02. The molecule has 0 spiro atoms. The predicted octanol–water partition coefficient (Wildman–Crippen LogP) is 4.59. The van der Waals surface area contributed by atoms with Gasteiger partial charge in [-0.3, -0.25) is 9.48 Å². The summed E-state index contributed by atoms with van der Waals surface area (Å²) in [6.07, 6.45) is 7.05. The number of rotatable bonds is 5. The lowest BCUT2D eigenvalue weighted by atomic mass is 10.1. The van der Waals surface area contributed by atoms with Crippen molar-refractivity contribution in [3.05, 3.63) is 94.2 Å². The Kier molecular flexibility index (Phi) is 4.83. The number of nitrogens with zero attached hydrogens (tertiary/aromatic N) is 2. The van der Waals surface area contributed by atoms with Gasteiger partial charge in [-0.15, -0.1) is 0 Å². The van der Waals surface area contributed by atoms with Crippen LogP contribution in [0.15, 0.2) is 77.5 Å². The Morgan fingerprint density at radius 1 is 1.09 bits per heavy atom. The summed E-state index contributed by atoms with van der Waals surface area (Å²) in [6.45, 7) is 0.718. The Labute approximate surface area is 143 Å². The first-order valence-corrected chi connectivity index (χ1v) is 8.04. The zero-order valence-corrected chi connectivity index (χ0v) is 14.0. The number of aromatic nitrogens is 2. The van der Waals surface area contributed by atoms with Crippen LogP contribution in [0.2, 0.25) is 0 Å². The van der Waals surface area contributed by atoms with Gasteiger partial charge in [0, 0.05) is 21.8 Å². The van der Waals surface area contributed by atoms with Crippen molar-refractivity contribution in [2.75, 3.05) is 0 Å². The number of hydrogen-bond acceptors (Lipinski definition) is 2. The van der Waals surface area contributed by atoms with Gasteiger partial charge in [-0.05, 0) is 42.0 Å². The number of benzene rings is 2. The third kappa shape index (κ3) is 4.27. The molecule has 0 unspecified atom stereocenters. The first-order chi connectivity index (χ1) is 11.2. The first kappa shape index (κ1) is 15.4. The topological polar surface area (TPSA) is 34.9 Å². The summed E-state index contributed by atoms with van der Waals surface area (Å²) >= 11 is 3.36. The Bertz CT molecular complexity index is 820. The van der Waals surface area contributed by atoms with E-state index in [-0.39, 0.29) is 5.78 Å². The van der Waals surface area contributed by atoms with Crippen molar-refractivity contribution < 1.29 is 4.79 Å². The van der Waals surface area contributed by atoms with Crippen LogP contribution in [0, 0.1) is 0 Å². The highest BCUT2D eigenvalue weighted by Crippen LogP contribution is 2.12. The van der Waals surface area contributed by atoms with Gasteiger partial charge in [0.15, 0.2) is 5.78 Å². The first-order valence-electron chi connectivity index (χ1n) is 7.25. The lowest BCUT2D eigenvalue weighted by Gasteiger charge is -2.00. The number of halogens is 1. The number of ketones is 1. The number of hydrogen-bond donors (Lipinski definition) is 0. The van der Waals surface area contributed by atoms with Crippen molar-refractivity contribution in [2.45, 2.75) is 6.54 Å². The second kappa shape index (κ2) is 7.20. The van der Waals surface area contributed by atoms with E-state index < -0.39 is 0 Å². The van der Waals surface area contributed by atoms with Crippen LogP contribution in [0.4, 0.5) is 0 Å². The number of carbonyl (C=O) groups excluding carboxylic acids is 1. The van der Waals surface area contributed by atoms with Gasteiger partial charge in [-0.25, -0.2) is 0 Å². The maximum Gasteiger partial charge on any atom is 0.185 e. The minimum Gasteiger partial charge on any atom is -0.289 e. The van der Waals surface area contributed by atoms with Crippen molar-refractivity contribution in [2.24, 2.45) is 0 Å². The van der Waals surface area contributed by atoms with E-state index in [9.17, 15) is 4.79 Å². The van der Waals surface area contributed by atoms with E-state index in [0.717, 1.165) is 16.6 Å². The number of carbonyl (C=O) groups is 1. The summed E-state index contributed by atoms with van der Waals surface area (Å²) in [4.78, 5) is 12.1. The summed E-state index contributed by atoms with van der Waals surface area (Å²) < 4.78 is 2.82. The normalized spacial score (nSPS) is 11.0. The minimum atomic E-state index is -0.0201. The van der Waals surface area contributed by atoms with Gasteiger partial charge in [-0.1, -0.05) is 46.3 Å². The third-order valence-electron chi connectivity index (χ3n) is 3.40. The van der Waals surface area contributed by atoms with Crippen LogP contribution >= 0.6 is 15.9 Å². The van der Waals surface area contributed by atoms with Gasteiger partial charge in [0.25, 0.3) is 0 Å². The molecule has 0 amide bonds. The quantitative estimate of drug-likeness (QED) is 0.488. The van der Waals surface area contributed by atoms with Crippen molar-refractivity contribution >= 4 is 27.8 Å². The highest BCUT2D eigenvalue weighted by atomic mass is 79.9. The van der Waals surface area contributed by atoms with Gasteiger partial charge in [-0.2, -0.15) is 5.10 Å². The molecule has 3 nitrogen and oxygen atoms in total. The lowest BCUT2D eigenvalue weighted by molar-refractivity contribution is 0.104. The zero-order chi connectivity index (χ0) is 16.1. The Balaban J connectivity index is 1.66. The molecular formula is C19H15BrN2O. The monoisotopic (exact) mass is 366 g/mol. The molecule has 0 radical (unpaired) electrons. The molecule has 0 fully saturated rings. The largest absolute Gasteiger partial charge is 0.289 e. The molecule has 0 bridgehead atoms. The van der Waals surface area contributed by atoms with Crippen LogP contribution in [0.1, 0.15) is 21.5 Å². The molecule has 0 saturated carbocycles. The molecule has 1 aromatic heterocycles. The van der Waals surface area contributed by atoms with Crippen LogP contribution in [-0.4, -0.2) is 15.6 Å². The fourth-order valence-electron chi connectivity index (χ4n) is 2.20. The highest BCUT2D eigenvalue weighted by molar-refractivity contribution is 9.10. The summed E-state index contributed by atoms with van der Waals surface area (Å²) in [7, 11) is 0. The van der Waals surface area contributed by atoms with Crippen molar-refractivity contribution in [3.63, 3.8) is 0 Å². The molecule has 3 aromatic rings. The van der Waals surface area contributed by atoms with Crippen LogP contribution in [0.5, 0.6) is 0 Å². The lowest BCUT2D eigenvalue weighted by Crippen LogP contribution is -1.99. The van der Waals surface area contributed by atoms with Crippen molar-refractivity contribution in [1.82, 2.24) is 9.78 Å². The summed E-state index contributed by atoms with van der Waals surface area (Å²) in [5.74, 6) is -0.0201. The maximum atomic E-state index is 12.1. The van der Waals surface area contributed by atoms with Gasteiger partial charge < -0.3 is 0 Å². The molecular weight excluding hydrogens is 352 g/mol. The zero-order valence-electron chi connectivity index (χ0n) is 12.4. The molecule has 0 atom stereocenters. The van der Waals surface area contributed by atoms with Crippen LogP contribution in [0.3, 0.4) is 0 Å². The molecule has 3 rings (SSSR count). The molecule has 23 heavy (non-hydrogen) atoms. The molecule has 0 saturated heterocycles. The van der Waals surface area contributed by atoms with E-state index in [2.05, 4.69) is 33.2 Å². The fraction of sp³-hybridized carbons (Fsp3) is 0.0526. The van der Waals surface area contributed by atoms with E-state index in [4.69, 9.17) is 0 Å². The van der Waals surface area contributed by atoms with E-state index in [1.54, 1.807) is 30.5 Å². The standard InChI is InChI=1S/C19H15BrN2O/c20-18-9-7-17(8-10-18)19(23)11-6-16-12-21-22(14-16)13-15-4-2-1-3-5-15/h1-12,14H,13H2/b11-6-. The molecule has 4 heteroatoms. The van der Waals surface area contributed by atoms with Gasteiger partial charge >= 0.3 is 0 Å². The van der Waals surface area contributed by atoms with Gasteiger partial charge in [0.05, 0.1) is 12.7 Å². The Morgan fingerprint density at radius 2 is 1.83 bits per heavy atom. The van der Waals surface area contributed by atoms with E-state index in [1.807, 2.05) is 41.2 Å². The fourth-order valence-corrected chi connectivity index (χ4v) is 2.47. The van der Waals surface area contributed by atoms with E-state index in [0.29, 0.717) is 5.56 Å². The van der Waals surface area contributed by atoms with Crippen molar-refractivity contribution in [3.8, 4) is 0 Å². The summed E-state index contributed by atoms with van der Waals surface area (Å²) in [5.41, 5.74) is 2.77. The second-order valence-corrected chi connectivity index (χ2v) is 6.08. The van der Waals surface area contributed by atoms with Crippen LogP contribution < -0.4 is 0 Å². The average molecular weight is 367 g/mol. The molecule has 0 N–H and O–H groups in total. The van der Waals surface area contributed by atoms with Gasteiger partial charge in [0.1, 0.15) is 0 Å². The van der Waals surface area contributed by atoms with E-state index >= 15 is 0 Å². The average Bonchev–Trinajstić information content (AvgIpc) is 3.02. The van der Waals surface area contributed by atoms with Gasteiger partial charge in [0.2, 0.25) is 0 Å². The summed E-state index contributed by atoms with van der Waals surface area (Å²) in [6, 6.07) is 17.5. The van der Waals surface area contributed by atoms with Crippen molar-refractivity contribution in [1.29, 1.82) is 0 Å². The molecule has 114 valence electrons. The maximum absolute atomic E-state index is 12.1. The van der Waals surface area contributed by atoms with Crippen LogP contribution in [0.25, 0.3) is 6.08 Å². The third-order valence-corrected chi connectivity index (χ3v) is 3.93. The van der Waals surface area contributed by atoms with E-state index in [1.165, 1.54) is 5.56 Å². The molecule has 0 aliphatic heterocycles. The summed E-state index contributed by atoms with van der Waals surface area (Å²) in [5, 5.41) is 4.32. The molecule has 1 heterocycles. The molecule has 0 aliphatic carbocycles. The molecule has 0 aliphatic rings. The minimum absolute atomic E-state index is 0.0201. The predicted molar refractivity (Wildman–Crippen MR) is 95.3 cm³/mol. The molecule has 2 aromatic carbocycles. The second-order valence-electron chi connectivity index (χ2n) is 5.16. The Hall–Kier alpha value is -2.46. The SMILES string of the molecule is O=C(/C=C\c1cnn(Cc2ccccc2)c1)c1ccc(Br)cc1.